The van der Waals surface area contributed by atoms with Crippen LogP contribution in [-0.2, 0) is 16.0 Å². The second-order valence-electron chi connectivity index (χ2n) is 5.47. The van der Waals surface area contributed by atoms with Gasteiger partial charge >= 0.3 is 6.09 Å². The third-order valence-electron chi connectivity index (χ3n) is 2.56. The SMILES string of the molecule is CC(C)(C)NC(=O)OC1Cc2cccnc2NC1=O. The van der Waals surface area contributed by atoms with Crippen LogP contribution < -0.4 is 10.6 Å². The number of alkyl carbamates (subject to hydrolysis) is 1. The van der Waals surface area contributed by atoms with Crippen molar-refractivity contribution in [2.45, 2.75) is 38.8 Å². The molecule has 1 aromatic rings. The molecular formula is C13H17N3O3. The first-order valence-corrected chi connectivity index (χ1v) is 6.09. The molecule has 0 saturated carbocycles. The summed E-state index contributed by atoms with van der Waals surface area (Å²) in [4.78, 5) is 27.5. The van der Waals surface area contributed by atoms with Gasteiger partial charge in [-0.05, 0) is 32.4 Å². The van der Waals surface area contributed by atoms with Crippen molar-refractivity contribution in [2.75, 3.05) is 5.32 Å². The molecule has 1 unspecified atom stereocenters. The van der Waals surface area contributed by atoms with E-state index in [1.54, 1.807) is 12.3 Å². The Morgan fingerprint density at radius 3 is 2.95 bits per heavy atom. The number of fused-ring (bicyclic) bond motifs is 1. The van der Waals surface area contributed by atoms with E-state index >= 15 is 0 Å². The molecular weight excluding hydrogens is 246 g/mol. The highest BCUT2D eigenvalue weighted by atomic mass is 16.6. The number of aromatic nitrogens is 1. The van der Waals surface area contributed by atoms with Crippen LogP contribution in [0, 0.1) is 0 Å². The van der Waals surface area contributed by atoms with E-state index in [4.69, 9.17) is 4.74 Å². The highest BCUT2D eigenvalue weighted by Gasteiger charge is 2.30. The summed E-state index contributed by atoms with van der Waals surface area (Å²) < 4.78 is 5.15. The van der Waals surface area contributed by atoms with E-state index in [9.17, 15) is 9.59 Å². The van der Waals surface area contributed by atoms with Crippen molar-refractivity contribution >= 4 is 17.8 Å². The summed E-state index contributed by atoms with van der Waals surface area (Å²) in [6.45, 7) is 5.53. The lowest BCUT2D eigenvalue weighted by Crippen LogP contribution is -2.46. The average Bonchev–Trinajstić information content (AvgIpc) is 2.27. The van der Waals surface area contributed by atoms with Crippen LogP contribution in [0.4, 0.5) is 10.6 Å². The number of carbonyl (C=O) groups is 2. The van der Waals surface area contributed by atoms with Crippen LogP contribution in [-0.4, -0.2) is 28.6 Å². The first-order chi connectivity index (χ1) is 8.85. The van der Waals surface area contributed by atoms with Crippen molar-refractivity contribution in [3.05, 3.63) is 23.9 Å². The van der Waals surface area contributed by atoms with Gasteiger partial charge in [-0.25, -0.2) is 9.78 Å². The maximum atomic E-state index is 11.8. The van der Waals surface area contributed by atoms with Gasteiger partial charge in [0.25, 0.3) is 5.91 Å². The van der Waals surface area contributed by atoms with E-state index in [0.717, 1.165) is 5.56 Å². The second kappa shape index (κ2) is 4.87. The predicted octanol–water partition coefficient (Wildman–Crippen LogP) is 1.47. The summed E-state index contributed by atoms with van der Waals surface area (Å²) in [6.07, 6.45) is 0.526. The largest absolute Gasteiger partial charge is 0.436 e. The molecule has 0 saturated heterocycles. The maximum absolute atomic E-state index is 11.8. The molecule has 0 aliphatic carbocycles. The molecule has 1 atom stereocenters. The number of carbonyl (C=O) groups excluding carboxylic acids is 2. The van der Waals surface area contributed by atoms with E-state index in [-0.39, 0.29) is 5.91 Å². The highest BCUT2D eigenvalue weighted by Crippen LogP contribution is 2.21. The van der Waals surface area contributed by atoms with E-state index < -0.39 is 17.7 Å². The average molecular weight is 263 g/mol. The van der Waals surface area contributed by atoms with Crippen molar-refractivity contribution in [2.24, 2.45) is 0 Å². The fourth-order valence-corrected chi connectivity index (χ4v) is 1.77. The van der Waals surface area contributed by atoms with Gasteiger partial charge in [-0.2, -0.15) is 0 Å². The Morgan fingerprint density at radius 2 is 2.26 bits per heavy atom. The molecule has 6 heteroatoms. The van der Waals surface area contributed by atoms with Gasteiger partial charge in [0.15, 0.2) is 6.10 Å². The maximum Gasteiger partial charge on any atom is 0.408 e. The molecule has 102 valence electrons. The summed E-state index contributed by atoms with van der Waals surface area (Å²) >= 11 is 0. The normalized spacial score (nSPS) is 18.3. The van der Waals surface area contributed by atoms with E-state index in [1.807, 2.05) is 26.8 Å². The number of hydrogen-bond acceptors (Lipinski definition) is 4. The van der Waals surface area contributed by atoms with Gasteiger partial charge < -0.3 is 15.4 Å². The smallest absolute Gasteiger partial charge is 0.408 e. The number of pyridine rings is 1. The molecule has 0 radical (unpaired) electrons. The lowest BCUT2D eigenvalue weighted by atomic mass is 10.0. The number of anilines is 1. The van der Waals surface area contributed by atoms with E-state index in [0.29, 0.717) is 12.2 Å². The van der Waals surface area contributed by atoms with Crippen LogP contribution in [0.5, 0.6) is 0 Å². The van der Waals surface area contributed by atoms with Gasteiger partial charge in [0.1, 0.15) is 5.82 Å². The molecule has 0 aromatic carbocycles. The van der Waals surface area contributed by atoms with Crippen LogP contribution in [0.1, 0.15) is 26.3 Å². The highest BCUT2D eigenvalue weighted by molar-refractivity contribution is 5.97. The minimum atomic E-state index is -0.820. The number of hydrogen-bond donors (Lipinski definition) is 2. The molecule has 2 rings (SSSR count). The summed E-state index contributed by atoms with van der Waals surface area (Å²) in [5.41, 5.74) is 0.456. The van der Waals surface area contributed by atoms with E-state index in [2.05, 4.69) is 15.6 Å². The minimum absolute atomic E-state index is 0.340. The number of amides is 2. The van der Waals surface area contributed by atoms with Crippen molar-refractivity contribution < 1.29 is 14.3 Å². The van der Waals surface area contributed by atoms with E-state index in [1.165, 1.54) is 0 Å². The number of nitrogens with one attached hydrogen (secondary N) is 2. The Bertz CT molecular complexity index is 508. The van der Waals surface area contributed by atoms with Gasteiger partial charge in [-0.15, -0.1) is 0 Å². The van der Waals surface area contributed by atoms with Gasteiger partial charge in [0, 0.05) is 18.2 Å². The van der Waals surface area contributed by atoms with Gasteiger partial charge in [-0.1, -0.05) is 6.07 Å². The van der Waals surface area contributed by atoms with Gasteiger partial charge in [-0.3, -0.25) is 4.79 Å². The number of nitrogens with zero attached hydrogens (tertiary/aromatic N) is 1. The molecule has 2 amide bonds. The quantitative estimate of drug-likeness (QED) is 0.804. The monoisotopic (exact) mass is 263 g/mol. The molecule has 1 aliphatic rings. The Kier molecular flexibility index (Phi) is 3.42. The molecule has 1 aromatic heterocycles. The van der Waals surface area contributed by atoms with Gasteiger partial charge in [0.2, 0.25) is 0 Å². The Hall–Kier alpha value is -2.11. The molecule has 0 bridgehead atoms. The van der Waals surface area contributed by atoms with Crippen molar-refractivity contribution in [3.63, 3.8) is 0 Å². The third-order valence-corrected chi connectivity index (χ3v) is 2.56. The Balaban J connectivity index is 2.03. The second-order valence-corrected chi connectivity index (χ2v) is 5.47. The minimum Gasteiger partial charge on any atom is -0.436 e. The first kappa shape index (κ1) is 13.3. The summed E-state index contributed by atoms with van der Waals surface area (Å²) in [5.74, 6) is 0.179. The zero-order chi connectivity index (χ0) is 14.0. The molecule has 19 heavy (non-hydrogen) atoms. The fraction of sp³-hybridized carbons (Fsp3) is 0.462. The molecule has 1 aliphatic heterocycles. The lowest BCUT2D eigenvalue weighted by molar-refractivity contribution is -0.124. The molecule has 6 nitrogen and oxygen atoms in total. The van der Waals surface area contributed by atoms with Crippen LogP contribution in [0.3, 0.4) is 0 Å². The number of ether oxygens (including phenoxy) is 1. The van der Waals surface area contributed by atoms with Crippen LogP contribution in [0.25, 0.3) is 0 Å². The Labute approximate surface area is 111 Å². The van der Waals surface area contributed by atoms with Crippen LogP contribution in [0.15, 0.2) is 18.3 Å². The zero-order valence-electron chi connectivity index (χ0n) is 11.2. The summed E-state index contributed by atoms with van der Waals surface area (Å²) in [7, 11) is 0. The zero-order valence-corrected chi connectivity index (χ0v) is 11.2. The third kappa shape index (κ3) is 3.43. The van der Waals surface area contributed by atoms with Gasteiger partial charge in [0.05, 0.1) is 0 Å². The lowest BCUT2D eigenvalue weighted by Gasteiger charge is -2.26. The van der Waals surface area contributed by atoms with Crippen molar-refractivity contribution in [1.82, 2.24) is 10.3 Å². The fourth-order valence-electron chi connectivity index (χ4n) is 1.77. The van der Waals surface area contributed by atoms with Crippen molar-refractivity contribution in [1.29, 1.82) is 0 Å². The molecule has 0 fully saturated rings. The molecule has 2 N–H and O–H groups in total. The van der Waals surface area contributed by atoms with Crippen molar-refractivity contribution in [3.8, 4) is 0 Å². The summed E-state index contributed by atoms with van der Waals surface area (Å²) in [6, 6.07) is 3.63. The Morgan fingerprint density at radius 1 is 1.53 bits per heavy atom. The first-order valence-electron chi connectivity index (χ1n) is 6.09. The topological polar surface area (TPSA) is 80.3 Å². The predicted molar refractivity (Wildman–Crippen MR) is 69.7 cm³/mol. The van der Waals surface area contributed by atoms with Crippen LogP contribution in [0.2, 0.25) is 0 Å². The van der Waals surface area contributed by atoms with Crippen LogP contribution >= 0.6 is 0 Å². The molecule has 2 heterocycles. The number of rotatable bonds is 1. The standard InChI is InChI=1S/C13H17N3O3/c1-13(2,3)16-12(18)19-9-7-8-5-4-6-14-10(8)15-11(9)17/h4-6,9H,7H2,1-3H3,(H,16,18)(H,14,15,17). The molecule has 0 spiro atoms. The summed E-state index contributed by atoms with van der Waals surface area (Å²) in [5, 5.41) is 5.28.